The third-order valence-corrected chi connectivity index (χ3v) is 3.59. The van der Waals surface area contributed by atoms with E-state index in [0.717, 1.165) is 18.0 Å². The lowest BCUT2D eigenvalue weighted by molar-refractivity contribution is 0.331. The first-order chi connectivity index (χ1) is 8.77. The third kappa shape index (κ3) is 2.58. The maximum atomic E-state index is 5.91. The summed E-state index contributed by atoms with van der Waals surface area (Å²) in [5.74, 6) is 1.81. The molecule has 0 saturated carbocycles. The summed E-state index contributed by atoms with van der Waals surface area (Å²) in [6.07, 6.45) is 5.41. The summed E-state index contributed by atoms with van der Waals surface area (Å²) in [6.45, 7) is 5.57. The van der Waals surface area contributed by atoms with Crippen LogP contribution in [0.25, 0.3) is 0 Å². The molecule has 2 unspecified atom stereocenters. The Morgan fingerprint density at radius 3 is 3.06 bits per heavy atom. The fourth-order valence-corrected chi connectivity index (χ4v) is 2.74. The van der Waals surface area contributed by atoms with E-state index in [4.69, 9.17) is 10.5 Å². The van der Waals surface area contributed by atoms with E-state index >= 15 is 0 Å². The van der Waals surface area contributed by atoms with Crippen LogP contribution < -0.4 is 15.4 Å². The van der Waals surface area contributed by atoms with E-state index in [-0.39, 0.29) is 0 Å². The van der Waals surface area contributed by atoms with Gasteiger partial charge in [-0.3, -0.25) is 0 Å². The average Bonchev–Trinajstić information content (AvgIpc) is 2.40. The van der Waals surface area contributed by atoms with Gasteiger partial charge in [0, 0.05) is 24.8 Å². The van der Waals surface area contributed by atoms with Crippen LogP contribution in [0.1, 0.15) is 33.1 Å². The van der Waals surface area contributed by atoms with Crippen molar-refractivity contribution in [2.24, 2.45) is 5.73 Å². The topological polar surface area (TPSA) is 51.4 Å². The predicted octanol–water partition coefficient (Wildman–Crippen LogP) is 2.19. The second kappa shape index (κ2) is 6.05. The highest BCUT2D eigenvalue weighted by Gasteiger charge is 2.29. The van der Waals surface area contributed by atoms with Crippen LogP contribution in [-0.2, 0) is 0 Å². The van der Waals surface area contributed by atoms with Crippen LogP contribution in [-0.4, -0.2) is 30.2 Å². The van der Waals surface area contributed by atoms with Gasteiger partial charge in [-0.25, -0.2) is 4.98 Å². The molecule has 18 heavy (non-hydrogen) atoms. The highest BCUT2D eigenvalue weighted by molar-refractivity contribution is 5.54. The Hall–Kier alpha value is -1.29. The normalized spacial score (nSPS) is 24.1. The average molecular weight is 249 g/mol. The number of hydrogen-bond donors (Lipinski definition) is 1. The molecule has 0 bridgehead atoms. The van der Waals surface area contributed by atoms with Crippen molar-refractivity contribution < 1.29 is 4.74 Å². The second-order valence-corrected chi connectivity index (χ2v) is 4.83. The Kier molecular flexibility index (Phi) is 4.42. The van der Waals surface area contributed by atoms with Gasteiger partial charge in [0.2, 0.25) is 0 Å². The minimum absolute atomic E-state index is 0.378. The zero-order chi connectivity index (χ0) is 13.0. The van der Waals surface area contributed by atoms with Gasteiger partial charge in [-0.1, -0.05) is 0 Å². The smallest absolute Gasteiger partial charge is 0.171 e. The van der Waals surface area contributed by atoms with Gasteiger partial charge in [0.15, 0.2) is 11.6 Å². The van der Waals surface area contributed by atoms with Crippen molar-refractivity contribution in [2.75, 3.05) is 18.1 Å². The van der Waals surface area contributed by atoms with Gasteiger partial charge in [0.05, 0.1) is 6.61 Å². The molecule has 4 nitrogen and oxygen atoms in total. The highest BCUT2D eigenvalue weighted by atomic mass is 16.5. The molecule has 1 aromatic heterocycles. The number of anilines is 1. The Balaban J connectivity index is 2.32. The SMILES string of the molecule is CCOc1cccnc1N1C(C)CCCC1CN. The summed E-state index contributed by atoms with van der Waals surface area (Å²) >= 11 is 0. The lowest BCUT2D eigenvalue weighted by Crippen LogP contribution is -2.49. The molecule has 0 aliphatic carbocycles. The maximum Gasteiger partial charge on any atom is 0.171 e. The minimum atomic E-state index is 0.378. The number of nitrogens with two attached hydrogens (primary N) is 1. The van der Waals surface area contributed by atoms with E-state index < -0.39 is 0 Å². The van der Waals surface area contributed by atoms with Crippen LogP contribution in [0, 0.1) is 0 Å². The number of pyridine rings is 1. The van der Waals surface area contributed by atoms with Crippen LogP contribution in [0.5, 0.6) is 5.75 Å². The molecule has 2 N–H and O–H groups in total. The fourth-order valence-electron chi connectivity index (χ4n) is 2.74. The summed E-state index contributed by atoms with van der Waals surface area (Å²) in [6, 6.07) is 4.76. The first-order valence-corrected chi connectivity index (χ1v) is 6.84. The number of ether oxygens (including phenoxy) is 1. The Morgan fingerprint density at radius 1 is 1.50 bits per heavy atom. The number of aromatic nitrogens is 1. The van der Waals surface area contributed by atoms with Gasteiger partial charge < -0.3 is 15.4 Å². The van der Waals surface area contributed by atoms with Crippen molar-refractivity contribution in [3.05, 3.63) is 18.3 Å². The van der Waals surface area contributed by atoms with E-state index in [9.17, 15) is 0 Å². The first kappa shape index (κ1) is 13.1. The molecule has 0 radical (unpaired) electrons. The van der Waals surface area contributed by atoms with Gasteiger partial charge in [0.25, 0.3) is 0 Å². The molecular weight excluding hydrogens is 226 g/mol. The fraction of sp³-hybridized carbons (Fsp3) is 0.643. The molecular formula is C14H23N3O. The molecule has 2 heterocycles. The monoisotopic (exact) mass is 249 g/mol. The minimum Gasteiger partial charge on any atom is -0.490 e. The summed E-state index contributed by atoms with van der Waals surface area (Å²) in [7, 11) is 0. The van der Waals surface area contributed by atoms with Crippen molar-refractivity contribution in [1.29, 1.82) is 0 Å². The van der Waals surface area contributed by atoms with Crippen LogP contribution >= 0.6 is 0 Å². The molecule has 2 atom stereocenters. The lowest BCUT2D eigenvalue weighted by Gasteiger charge is -2.41. The van der Waals surface area contributed by atoms with Crippen molar-refractivity contribution in [3.8, 4) is 5.75 Å². The molecule has 1 fully saturated rings. The molecule has 0 spiro atoms. The van der Waals surface area contributed by atoms with Crippen LogP contribution in [0.15, 0.2) is 18.3 Å². The molecule has 1 aromatic rings. The van der Waals surface area contributed by atoms with Gasteiger partial charge in [-0.15, -0.1) is 0 Å². The Bertz CT molecular complexity index is 383. The second-order valence-electron chi connectivity index (χ2n) is 4.83. The standard InChI is InChI=1S/C14H23N3O/c1-3-18-13-8-5-9-16-14(13)17-11(2)6-4-7-12(17)10-15/h5,8-9,11-12H,3-4,6-7,10,15H2,1-2H3. The number of piperidine rings is 1. The van der Waals surface area contributed by atoms with Gasteiger partial charge in [-0.2, -0.15) is 0 Å². The highest BCUT2D eigenvalue weighted by Crippen LogP contribution is 2.33. The number of rotatable bonds is 4. The van der Waals surface area contributed by atoms with Crippen LogP contribution in [0.3, 0.4) is 0 Å². The van der Waals surface area contributed by atoms with Crippen molar-refractivity contribution in [1.82, 2.24) is 4.98 Å². The van der Waals surface area contributed by atoms with Crippen LogP contribution in [0.2, 0.25) is 0 Å². The number of nitrogens with zero attached hydrogens (tertiary/aromatic N) is 2. The van der Waals surface area contributed by atoms with Crippen LogP contribution in [0.4, 0.5) is 5.82 Å². The number of hydrogen-bond acceptors (Lipinski definition) is 4. The zero-order valence-electron chi connectivity index (χ0n) is 11.3. The first-order valence-electron chi connectivity index (χ1n) is 6.84. The molecule has 0 amide bonds. The van der Waals surface area contributed by atoms with Crippen molar-refractivity contribution in [2.45, 2.75) is 45.2 Å². The maximum absolute atomic E-state index is 5.91. The zero-order valence-corrected chi connectivity index (χ0v) is 11.3. The Morgan fingerprint density at radius 2 is 2.33 bits per heavy atom. The van der Waals surface area contributed by atoms with E-state index in [0.29, 0.717) is 25.2 Å². The van der Waals surface area contributed by atoms with Gasteiger partial charge >= 0.3 is 0 Å². The molecule has 4 heteroatoms. The molecule has 1 aliphatic heterocycles. The van der Waals surface area contributed by atoms with Crippen molar-refractivity contribution in [3.63, 3.8) is 0 Å². The molecule has 1 aliphatic rings. The lowest BCUT2D eigenvalue weighted by atomic mass is 9.96. The van der Waals surface area contributed by atoms with E-state index in [1.807, 2.05) is 25.3 Å². The van der Waals surface area contributed by atoms with E-state index in [1.165, 1.54) is 12.8 Å². The predicted molar refractivity (Wildman–Crippen MR) is 74.0 cm³/mol. The largest absolute Gasteiger partial charge is 0.490 e. The van der Waals surface area contributed by atoms with Gasteiger partial charge in [0.1, 0.15) is 0 Å². The molecule has 0 aromatic carbocycles. The molecule has 1 saturated heterocycles. The summed E-state index contributed by atoms with van der Waals surface area (Å²) in [5.41, 5.74) is 5.91. The van der Waals surface area contributed by atoms with E-state index in [1.54, 1.807) is 0 Å². The Labute approximate surface area is 109 Å². The van der Waals surface area contributed by atoms with E-state index in [2.05, 4.69) is 16.8 Å². The summed E-state index contributed by atoms with van der Waals surface area (Å²) < 4.78 is 5.69. The molecule has 2 rings (SSSR count). The quantitative estimate of drug-likeness (QED) is 0.888. The molecule has 100 valence electrons. The summed E-state index contributed by atoms with van der Waals surface area (Å²) in [5, 5.41) is 0. The third-order valence-electron chi connectivity index (χ3n) is 3.59. The summed E-state index contributed by atoms with van der Waals surface area (Å²) in [4.78, 5) is 6.86. The van der Waals surface area contributed by atoms with Gasteiger partial charge in [-0.05, 0) is 45.2 Å². The van der Waals surface area contributed by atoms with Crippen molar-refractivity contribution >= 4 is 5.82 Å².